The van der Waals surface area contributed by atoms with Gasteiger partial charge in [0.05, 0.1) is 22.8 Å². The van der Waals surface area contributed by atoms with Crippen LogP contribution in [0.3, 0.4) is 0 Å². The SMILES string of the molecule is Cc1ccc(-c2ccncc2)cc1.[Ru].c1ccc(-c2ccccn2)nc1.c1ccc(-c2ccccn2)nc1.c1ccncc1. The summed E-state index contributed by atoms with van der Waals surface area (Å²) in [7, 11) is 0. The average molecular weight is 662 g/mol. The molecule has 6 nitrogen and oxygen atoms in total. The van der Waals surface area contributed by atoms with Crippen molar-refractivity contribution < 1.29 is 19.5 Å². The molecule has 7 aromatic rings. The second-order valence-corrected chi connectivity index (χ2v) is 8.99. The van der Waals surface area contributed by atoms with E-state index in [-0.39, 0.29) is 19.5 Å². The maximum Gasteiger partial charge on any atom is 0.0886 e. The van der Waals surface area contributed by atoms with Gasteiger partial charge >= 0.3 is 0 Å². The van der Waals surface area contributed by atoms with Crippen molar-refractivity contribution in [2.24, 2.45) is 0 Å². The zero-order valence-corrected chi connectivity index (χ0v) is 26.0. The zero-order valence-electron chi connectivity index (χ0n) is 24.3. The van der Waals surface area contributed by atoms with Gasteiger partial charge in [-0.1, -0.05) is 60.2 Å². The first-order chi connectivity index (χ1) is 21.3. The van der Waals surface area contributed by atoms with Gasteiger partial charge in [-0.3, -0.25) is 29.9 Å². The standard InChI is InChI=1S/C12H11N.2C10H8N2.C5H5N.Ru/c1-10-2-4-11(5-3-10)12-6-8-13-9-7-12;2*1-3-7-11-9(5-1)10-6-2-4-8-12-10;1-2-4-6-5-3-1;/h2-9H,1H3;2*1-8H;1-5H;. The molecule has 218 valence electrons. The third-order valence-corrected chi connectivity index (χ3v) is 5.82. The van der Waals surface area contributed by atoms with Gasteiger partial charge in [0, 0.05) is 69.1 Å². The molecule has 6 aromatic heterocycles. The van der Waals surface area contributed by atoms with E-state index in [0.717, 1.165) is 22.8 Å². The minimum Gasteiger partial charge on any atom is -0.265 e. The van der Waals surface area contributed by atoms with Crippen molar-refractivity contribution in [1.29, 1.82) is 0 Å². The molecule has 6 heterocycles. The van der Waals surface area contributed by atoms with Crippen molar-refractivity contribution in [3.8, 4) is 33.9 Å². The molecule has 0 unspecified atom stereocenters. The van der Waals surface area contributed by atoms with E-state index in [1.54, 1.807) is 37.2 Å². The van der Waals surface area contributed by atoms with Crippen LogP contribution in [0, 0.1) is 6.92 Å². The van der Waals surface area contributed by atoms with Crippen LogP contribution in [0.25, 0.3) is 33.9 Å². The summed E-state index contributed by atoms with van der Waals surface area (Å²) in [6, 6.07) is 41.4. The topological polar surface area (TPSA) is 77.3 Å². The summed E-state index contributed by atoms with van der Waals surface area (Å²) in [4.78, 5) is 24.5. The summed E-state index contributed by atoms with van der Waals surface area (Å²) in [6.45, 7) is 2.09. The minimum atomic E-state index is 0. The quantitative estimate of drug-likeness (QED) is 0.177. The van der Waals surface area contributed by atoms with Gasteiger partial charge in [-0.25, -0.2) is 0 Å². The molecule has 0 saturated heterocycles. The number of aryl methyl sites for hydroxylation is 1. The fourth-order valence-electron chi connectivity index (χ4n) is 3.66. The summed E-state index contributed by atoms with van der Waals surface area (Å²) in [5.74, 6) is 0. The fourth-order valence-corrected chi connectivity index (χ4v) is 3.66. The first-order valence-electron chi connectivity index (χ1n) is 13.8. The van der Waals surface area contributed by atoms with E-state index in [1.165, 1.54) is 16.7 Å². The van der Waals surface area contributed by atoms with Gasteiger partial charge in [0.25, 0.3) is 0 Å². The smallest absolute Gasteiger partial charge is 0.0886 e. The molecule has 1 aromatic carbocycles. The van der Waals surface area contributed by atoms with Crippen molar-refractivity contribution in [2.45, 2.75) is 6.92 Å². The molecular formula is C37H32N6Ru. The van der Waals surface area contributed by atoms with Crippen LogP contribution in [0.2, 0.25) is 0 Å². The van der Waals surface area contributed by atoms with Gasteiger partial charge in [-0.2, -0.15) is 0 Å². The number of rotatable bonds is 3. The second kappa shape index (κ2) is 19.8. The van der Waals surface area contributed by atoms with Gasteiger partial charge in [-0.15, -0.1) is 0 Å². The Balaban J connectivity index is 0.000000164. The molecule has 0 radical (unpaired) electrons. The van der Waals surface area contributed by atoms with E-state index in [0.29, 0.717) is 0 Å². The van der Waals surface area contributed by atoms with Crippen LogP contribution in [-0.4, -0.2) is 29.9 Å². The van der Waals surface area contributed by atoms with Gasteiger partial charge in [0.1, 0.15) is 0 Å². The van der Waals surface area contributed by atoms with E-state index in [9.17, 15) is 0 Å². The van der Waals surface area contributed by atoms with Gasteiger partial charge in [-0.05, 0) is 90.8 Å². The Morgan fingerprint density at radius 2 is 0.659 bits per heavy atom. The van der Waals surface area contributed by atoms with Crippen LogP contribution in [0.5, 0.6) is 0 Å². The molecular weight excluding hydrogens is 630 g/mol. The van der Waals surface area contributed by atoms with E-state index in [4.69, 9.17) is 0 Å². The number of hydrogen-bond acceptors (Lipinski definition) is 6. The molecule has 0 bridgehead atoms. The Kier molecular flexibility index (Phi) is 15.0. The number of pyridine rings is 6. The normalized spacial score (nSPS) is 9.30. The molecule has 0 spiro atoms. The Hall–Kier alpha value is -5.26. The monoisotopic (exact) mass is 662 g/mol. The summed E-state index contributed by atoms with van der Waals surface area (Å²) in [5.41, 5.74) is 7.41. The van der Waals surface area contributed by atoms with Gasteiger partial charge in [0.15, 0.2) is 0 Å². The number of nitrogens with zero attached hydrogens (tertiary/aromatic N) is 6. The Labute approximate surface area is 271 Å². The number of hydrogen-bond donors (Lipinski definition) is 0. The third-order valence-electron chi connectivity index (χ3n) is 5.82. The average Bonchev–Trinajstić information content (AvgIpc) is 3.12. The van der Waals surface area contributed by atoms with E-state index < -0.39 is 0 Å². The molecule has 7 rings (SSSR count). The summed E-state index contributed by atoms with van der Waals surface area (Å²) < 4.78 is 0. The Morgan fingerprint density at radius 3 is 0.955 bits per heavy atom. The molecule has 0 saturated carbocycles. The van der Waals surface area contributed by atoms with Crippen molar-refractivity contribution in [1.82, 2.24) is 29.9 Å². The van der Waals surface area contributed by atoms with E-state index in [1.807, 2.05) is 116 Å². The summed E-state index contributed by atoms with van der Waals surface area (Å²) in [6.07, 6.45) is 14.2. The Morgan fingerprint density at radius 1 is 0.318 bits per heavy atom. The minimum absolute atomic E-state index is 0. The Bertz CT molecular complexity index is 1500. The van der Waals surface area contributed by atoms with Crippen LogP contribution in [0.1, 0.15) is 5.56 Å². The number of aromatic nitrogens is 6. The van der Waals surface area contributed by atoms with Crippen LogP contribution in [0.4, 0.5) is 0 Å². The molecule has 0 N–H and O–H groups in total. The summed E-state index contributed by atoms with van der Waals surface area (Å²) >= 11 is 0. The van der Waals surface area contributed by atoms with Crippen molar-refractivity contribution in [2.75, 3.05) is 0 Å². The fraction of sp³-hybridized carbons (Fsp3) is 0.0270. The first kappa shape index (κ1) is 33.2. The van der Waals surface area contributed by atoms with E-state index in [2.05, 4.69) is 61.1 Å². The van der Waals surface area contributed by atoms with Crippen LogP contribution in [0.15, 0.2) is 177 Å². The van der Waals surface area contributed by atoms with Crippen LogP contribution < -0.4 is 0 Å². The van der Waals surface area contributed by atoms with Crippen molar-refractivity contribution in [3.63, 3.8) is 0 Å². The van der Waals surface area contributed by atoms with Crippen LogP contribution in [-0.2, 0) is 19.5 Å². The van der Waals surface area contributed by atoms with Crippen molar-refractivity contribution in [3.05, 3.63) is 183 Å². The zero-order chi connectivity index (χ0) is 29.8. The van der Waals surface area contributed by atoms with Gasteiger partial charge in [0.2, 0.25) is 0 Å². The molecule has 0 aliphatic carbocycles. The van der Waals surface area contributed by atoms with Crippen molar-refractivity contribution >= 4 is 0 Å². The third kappa shape index (κ3) is 11.9. The maximum absolute atomic E-state index is 4.19. The predicted molar refractivity (Wildman–Crippen MR) is 174 cm³/mol. The molecule has 0 aliphatic heterocycles. The molecule has 7 heteroatoms. The largest absolute Gasteiger partial charge is 0.265 e. The summed E-state index contributed by atoms with van der Waals surface area (Å²) in [5, 5.41) is 0. The second-order valence-electron chi connectivity index (χ2n) is 8.99. The number of benzene rings is 1. The molecule has 0 fully saturated rings. The molecule has 0 amide bonds. The predicted octanol–water partition coefficient (Wildman–Crippen LogP) is 8.42. The molecule has 0 atom stereocenters. The first-order valence-corrected chi connectivity index (χ1v) is 13.8. The molecule has 44 heavy (non-hydrogen) atoms. The van der Waals surface area contributed by atoms with Crippen LogP contribution >= 0.6 is 0 Å². The van der Waals surface area contributed by atoms with Gasteiger partial charge < -0.3 is 0 Å². The van der Waals surface area contributed by atoms with E-state index >= 15 is 0 Å². The maximum atomic E-state index is 4.19. The molecule has 0 aliphatic rings.